The third-order valence-corrected chi connectivity index (χ3v) is 3.78. The molecule has 110 valence electrons. The van der Waals surface area contributed by atoms with Crippen LogP contribution in [0.4, 0.5) is 0 Å². The molecule has 0 bridgehead atoms. The standard InChI is InChI=1S/C15H22N2O3/c1-19-13-6-4-11(8-14(13)20-2)15(18)17-9-10-3-5-12(16)7-10/h4,6,8,10,12H,3,5,7,9,16H2,1-2H3,(H,17,18). The van der Waals surface area contributed by atoms with Crippen LogP contribution in [-0.4, -0.2) is 32.7 Å². The highest BCUT2D eigenvalue weighted by Crippen LogP contribution is 2.27. The van der Waals surface area contributed by atoms with E-state index >= 15 is 0 Å². The molecule has 1 saturated carbocycles. The molecule has 0 radical (unpaired) electrons. The van der Waals surface area contributed by atoms with Crippen LogP contribution in [0.25, 0.3) is 0 Å². The zero-order valence-electron chi connectivity index (χ0n) is 12.0. The van der Waals surface area contributed by atoms with Gasteiger partial charge < -0.3 is 20.5 Å². The molecule has 5 heteroatoms. The number of nitrogens with one attached hydrogen (secondary N) is 1. The van der Waals surface area contributed by atoms with Gasteiger partial charge in [0, 0.05) is 18.2 Å². The van der Waals surface area contributed by atoms with Gasteiger partial charge in [0.05, 0.1) is 14.2 Å². The maximum atomic E-state index is 12.1. The highest BCUT2D eigenvalue weighted by Gasteiger charge is 2.22. The fourth-order valence-corrected chi connectivity index (χ4v) is 2.62. The number of nitrogens with two attached hydrogens (primary N) is 1. The second kappa shape index (κ2) is 6.61. The predicted octanol–water partition coefficient (Wildman–Crippen LogP) is 1.56. The van der Waals surface area contributed by atoms with E-state index in [2.05, 4.69) is 5.32 Å². The van der Waals surface area contributed by atoms with Gasteiger partial charge in [-0.15, -0.1) is 0 Å². The van der Waals surface area contributed by atoms with E-state index in [1.807, 2.05) is 0 Å². The largest absolute Gasteiger partial charge is 0.493 e. The molecule has 0 saturated heterocycles. The van der Waals surface area contributed by atoms with Gasteiger partial charge in [0.2, 0.25) is 0 Å². The smallest absolute Gasteiger partial charge is 0.251 e. The second-order valence-electron chi connectivity index (χ2n) is 5.22. The van der Waals surface area contributed by atoms with Crippen LogP contribution in [0, 0.1) is 5.92 Å². The number of ether oxygens (including phenoxy) is 2. The third kappa shape index (κ3) is 3.42. The molecule has 1 aliphatic carbocycles. The van der Waals surface area contributed by atoms with Crippen molar-refractivity contribution in [2.45, 2.75) is 25.3 Å². The van der Waals surface area contributed by atoms with E-state index in [4.69, 9.17) is 15.2 Å². The monoisotopic (exact) mass is 278 g/mol. The highest BCUT2D eigenvalue weighted by atomic mass is 16.5. The Morgan fingerprint density at radius 1 is 1.30 bits per heavy atom. The lowest BCUT2D eigenvalue weighted by atomic mass is 10.1. The molecule has 0 aromatic heterocycles. The molecular weight excluding hydrogens is 256 g/mol. The van der Waals surface area contributed by atoms with Crippen molar-refractivity contribution in [1.29, 1.82) is 0 Å². The molecule has 2 atom stereocenters. The van der Waals surface area contributed by atoms with Crippen LogP contribution in [0.5, 0.6) is 11.5 Å². The van der Waals surface area contributed by atoms with Crippen molar-refractivity contribution in [2.75, 3.05) is 20.8 Å². The van der Waals surface area contributed by atoms with E-state index in [-0.39, 0.29) is 11.9 Å². The summed E-state index contributed by atoms with van der Waals surface area (Å²) in [6.45, 7) is 0.681. The van der Waals surface area contributed by atoms with Crippen LogP contribution in [0.1, 0.15) is 29.6 Å². The number of benzene rings is 1. The Kier molecular flexibility index (Phi) is 4.84. The number of amides is 1. The van der Waals surface area contributed by atoms with Crippen molar-refractivity contribution < 1.29 is 14.3 Å². The van der Waals surface area contributed by atoms with Crippen LogP contribution in [-0.2, 0) is 0 Å². The molecule has 1 amide bonds. The maximum absolute atomic E-state index is 12.1. The Morgan fingerprint density at radius 3 is 2.65 bits per heavy atom. The Labute approximate surface area is 119 Å². The van der Waals surface area contributed by atoms with E-state index in [0.29, 0.717) is 29.5 Å². The average molecular weight is 278 g/mol. The summed E-state index contributed by atoms with van der Waals surface area (Å²) < 4.78 is 10.4. The summed E-state index contributed by atoms with van der Waals surface area (Å²) in [7, 11) is 3.13. The Morgan fingerprint density at radius 2 is 2.05 bits per heavy atom. The van der Waals surface area contributed by atoms with E-state index in [9.17, 15) is 4.79 Å². The number of hydrogen-bond acceptors (Lipinski definition) is 4. The van der Waals surface area contributed by atoms with Gasteiger partial charge in [-0.2, -0.15) is 0 Å². The summed E-state index contributed by atoms with van der Waals surface area (Å²) in [5.41, 5.74) is 6.44. The quantitative estimate of drug-likeness (QED) is 0.857. The fourth-order valence-electron chi connectivity index (χ4n) is 2.62. The average Bonchev–Trinajstić information content (AvgIpc) is 2.89. The first kappa shape index (κ1) is 14.7. The Bertz CT molecular complexity index is 476. The van der Waals surface area contributed by atoms with Gasteiger partial charge in [-0.25, -0.2) is 0 Å². The molecule has 1 aliphatic rings. The first-order chi connectivity index (χ1) is 9.63. The van der Waals surface area contributed by atoms with Gasteiger partial charge in [0.1, 0.15) is 0 Å². The lowest BCUT2D eigenvalue weighted by Gasteiger charge is -2.12. The summed E-state index contributed by atoms with van der Waals surface area (Å²) in [6, 6.07) is 5.45. The molecule has 2 rings (SSSR count). The zero-order chi connectivity index (χ0) is 14.5. The number of methoxy groups -OCH3 is 2. The zero-order valence-corrected chi connectivity index (χ0v) is 12.0. The second-order valence-corrected chi connectivity index (χ2v) is 5.22. The number of carbonyl (C=O) groups is 1. The van der Waals surface area contributed by atoms with Crippen molar-refractivity contribution in [1.82, 2.24) is 5.32 Å². The van der Waals surface area contributed by atoms with Gasteiger partial charge in [0.25, 0.3) is 5.91 Å². The maximum Gasteiger partial charge on any atom is 0.251 e. The van der Waals surface area contributed by atoms with Crippen LogP contribution in [0.2, 0.25) is 0 Å². The number of hydrogen-bond donors (Lipinski definition) is 2. The lowest BCUT2D eigenvalue weighted by Crippen LogP contribution is -2.29. The fraction of sp³-hybridized carbons (Fsp3) is 0.533. The molecule has 0 aliphatic heterocycles. The summed E-state index contributed by atoms with van der Waals surface area (Å²) >= 11 is 0. The lowest BCUT2D eigenvalue weighted by molar-refractivity contribution is 0.0947. The summed E-state index contributed by atoms with van der Waals surface area (Å²) in [5.74, 6) is 1.58. The molecule has 1 aromatic carbocycles. The number of rotatable bonds is 5. The van der Waals surface area contributed by atoms with Crippen molar-refractivity contribution in [3.05, 3.63) is 23.8 Å². The molecular formula is C15H22N2O3. The van der Waals surface area contributed by atoms with E-state index < -0.39 is 0 Å². The van der Waals surface area contributed by atoms with Crippen molar-refractivity contribution in [3.63, 3.8) is 0 Å². The summed E-state index contributed by atoms with van der Waals surface area (Å²) in [5, 5.41) is 2.96. The molecule has 0 spiro atoms. The summed E-state index contributed by atoms with van der Waals surface area (Å²) in [4.78, 5) is 12.1. The van der Waals surface area contributed by atoms with Crippen molar-refractivity contribution >= 4 is 5.91 Å². The van der Waals surface area contributed by atoms with E-state index in [0.717, 1.165) is 19.3 Å². The normalized spacial score (nSPS) is 21.6. The first-order valence-corrected chi connectivity index (χ1v) is 6.90. The molecule has 5 nitrogen and oxygen atoms in total. The third-order valence-electron chi connectivity index (χ3n) is 3.78. The van der Waals surface area contributed by atoms with E-state index in [1.165, 1.54) is 0 Å². The summed E-state index contributed by atoms with van der Waals surface area (Å²) in [6.07, 6.45) is 3.14. The Balaban J connectivity index is 1.95. The minimum atomic E-state index is -0.0913. The molecule has 1 aromatic rings. The van der Waals surface area contributed by atoms with Crippen LogP contribution >= 0.6 is 0 Å². The van der Waals surface area contributed by atoms with Crippen molar-refractivity contribution in [2.24, 2.45) is 11.7 Å². The van der Waals surface area contributed by atoms with Crippen LogP contribution in [0.3, 0.4) is 0 Å². The minimum Gasteiger partial charge on any atom is -0.493 e. The van der Waals surface area contributed by atoms with Crippen LogP contribution in [0.15, 0.2) is 18.2 Å². The molecule has 3 N–H and O–H groups in total. The van der Waals surface area contributed by atoms with Crippen LogP contribution < -0.4 is 20.5 Å². The van der Waals surface area contributed by atoms with Gasteiger partial charge in [-0.1, -0.05) is 0 Å². The van der Waals surface area contributed by atoms with Gasteiger partial charge in [-0.3, -0.25) is 4.79 Å². The van der Waals surface area contributed by atoms with E-state index in [1.54, 1.807) is 32.4 Å². The van der Waals surface area contributed by atoms with Gasteiger partial charge >= 0.3 is 0 Å². The molecule has 1 fully saturated rings. The topological polar surface area (TPSA) is 73.6 Å². The first-order valence-electron chi connectivity index (χ1n) is 6.90. The minimum absolute atomic E-state index is 0.0913. The van der Waals surface area contributed by atoms with Gasteiger partial charge in [0.15, 0.2) is 11.5 Å². The Hall–Kier alpha value is -1.75. The van der Waals surface area contributed by atoms with Gasteiger partial charge in [-0.05, 0) is 43.4 Å². The SMILES string of the molecule is COc1ccc(C(=O)NCC2CCC(N)C2)cc1OC. The predicted molar refractivity (Wildman–Crippen MR) is 77.2 cm³/mol. The molecule has 2 unspecified atom stereocenters. The highest BCUT2D eigenvalue weighted by molar-refractivity contribution is 5.94. The molecule has 0 heterocycles. The molecule has 20 heavy (non-hydrogen) atoms. The number of carbonyl (C=O) groups excluding carboxylic acids is 1. The van der Waals surface area contributed by atoms with Crippen molar-refractivity contribution in [3.8, 4) is 11.5 Å².